The van der Waals surface area contributed by atoms with Crippen LogP contribution < -0.4 is 4.74 Å². The number of ether oxygens (including phenoxy) is 1. The summed E-state index contributed by atoms with van der Waals surface area (Å²) in [5, 5.41) is 0. The molecule has 0 spiro atoms. The lowest BCUT2D eigenvalue weighted by Gasteiger charge is -2.03. The molecular formula is C9H6F2N2O2. The first-order chi connectivity index (χ1) is 7.25. The molecule has 0 aliphatic carbocycles. The Balaban J connectivity index is 2.27. The number of halogens is 2. The van der Waals surface area contributed by atoms with Gasteiger partial charge in [0.05, 0.1) is 6.20 Å². The maximum atomic E-state index is 11.9. The minimum Gasteiger partial charge on any atom is -0.442 e. The highest BCUT2D eigenvalue weighted by molar-refractivity contribution is 5.50. The van der Waals surface area contributed by atoms with E-state index >= 15 is 0 Å². The first-order valence-corrected chi connectivity index (χ1v) is 4.06. The molecule has 0 radical (unpaired) electrons. The SMILES string of the molecule is FC(F)Oc1cccc(-c2cnco2)n1. The smallest absolute Gasteiger partial charge is 0.388 e. The topological polar surface area (TPSA) is 48.2 Å². The van der Waals surface area contributed by atoms with E-state index in [4.69, 9.17) is 4.42 Å². The Labute approximate surface area is 83.5 Å². The molecule has 0 amide bonds. The Hall–Kier alpha value is -1.98. The van der Waals surface area contributed by atoms with Gasteiger partial charge in [-0.05, 0) is 6.07 Å². The van der Waals surface area contributed by atoms with Crippen LogP contribution in [-0.2, 0) is 0 Å². The third kappa shape index (κ3) is 2.28. The molecule has 78 valence electrons. The Morgan fingerprint density at radius 1 is 1.33 bits per heavy atom. The highest BCUT2D eigenvalue weighted by Crippen LogP contribution is 2.19. The third-order valence-electron chi connectivity index (χ3n) is 1.62. The molecule has 0 unspecified atom stereocenters. The van der Waals surface area contributed by atoms with Crippen molar-refractivity contribution >= 4 is 0 Å². The van der Waals surface area contributed by atoms with Gasteiger partial charge >= 0.3 is 6.61 Å². The van der Waals surface area contributed by atoms with Crippen molar-refractivity contribution in [1.82, 2.24) is 9.97 Å². The summed E-state index contributed by atoms with van der Waals surface area (Å²) >= 11 is 0. The van der Waals surface area contributed by atoms with Gasteiger partial charge in [-0.25, -0.2) is 9.97 Å². The first kappa shape index (κ1) is 9.57. The van der Waals surface area contributed by atoms with E-state index < -0.39 is 6.61 Å². The molecule has 0 fully saturated rings. The van der Waals surface area contributed by atoms with Crippen molar-refractivity contribution in [3.05, 3.63) is 30.8 Å². The lowest BCUT2D eigenvalue weighted by Crippen LogP contribution is -2.03. The normalized spacial score (nSPS) is 10.6. The predicted octanol–water partition coefficient (Wildman–Crippen LogP) is 2.34. The van der Waals surface area contributed by atoms with Crippen LogP contribution in [0.1, 0.15) is 0 Å². The zero-order chi connectivity index (χ0) is 10.7. The average Bonchev–Trinajstić information content (AvgIpc) is 2.69. The van der Waals surface area contributed by atoms with Gasteiger partial charge in [0.25, 0.3) is 0 Å². The predicted molar refractivity (Wildman–Crippen MR) is 46.4 cm³/mol. The quantitative estimate of drug-likeness (QED) is 0.783. The summed E-state index contributed by atoms with van der Waals surface area (Å²) in [5.41, 5.74) is 0.394. The third-order valence-corrected chi connectivity index (χ3v) is 1.62. The summed E-state index contributed by atoms with van der Waals surface area (Å²) in [6, 6.07) is 4.49. The van der Waals surface area contributed by atoms with Crippen LogP contribution in [-0.4, -0.2) is 16.6 Å². The van der Waals surface area contributed by atoms with Crippen LogP contribution >= 0.6 is 0 Å². The maximum absolute atomic E-state index is 11.9. The zero-order valence-electron chi connectivity index (χ0n) is 7.43. The van der Waals surface area contributed by atoms with Gasteiger partial charge < -0.3 is 9.15 Å². The van der Waals surface area contributed by atoms with Crippen LogP contribution in [0.2, 0.25) is 0 Å². The van der Waals surface area contributed by atoms with Gasteiger partial charge in [-0.3, -0.25) is 0 Å². The molecule has 4 nitrogen and oxygen atoms in total. The Morgan fingerprint density at radius 2 is 2.20 bits per heavy atom. The van der Waals surface area contributed by atoms with E-state index in [2.05, 4.69) is 14.7 Å². The molecule has 2 rings (SSSR count). The number of pyridine rings is 1. The van der Waals surface area contributed by atoms with E-state index in [1.807, 2.05) is 0 Å². The first-order valence-electron chi connectivity index (χ1n) is 4.06. The van der Waals surface area contributed by atoms with Crippen LogP contribution in [0, 0.1) is 0 Å². The second-order valence-electron chi connectivity index (χ2n) is 2.61. The average molecular weight is 212 g/mol. The van der Waals surface area contributed by atoms with Crippen molar-refractivity contribution in [3.8, 4) is 17.3 Å². The van der Waals surface area contributed by atoms with Crippen molar-refractivity contribution < 1.29 is 17.9 Å². The molecule has 0 atom stereocenters. The second-order valence-corrected chi connectivity index (χ2v) is 2.61. The molecule has 0 bridgehead atoms. The molecule has 0 aliphatic heterocycles. The van der Waals surface area contributed by atoms with Crippen LogP contribution in [0.25, 0.3) is 11.5 Å². The molecule has 15 heavy (non-hydrogen) atoms. The highest BCUT2D eigenvalue weighted by atomic mass is 19.3. The summed E-state index contributed by atoms with van der Waals surface area (Å²) < 4.78 is 32.9. The molecule has 2 aromatic heterocycles. The van der Waals surface area contributed by atoms with Gasteiger partial charge in [0, 0.05) is 6.07 Å². The number of hydrogen-bond donors (Lipinski definition) is 0. The summed E-state index contributed by atoms with van der Waals surface area (Å²) in [5.74, 6) is 0.244. The standard InChI is InChI=1S/C9H6F2N2O2/c10-9(11)15-8-3-1-2-6(13-8)7-4-12-5-14-7/h1-5,9H. The molecule has 0 aliphatic rings. The molecule has 2 aromatic rings. The molecule has 6 heteroatoms. The summed E-state index contributed by atoms with van der Waals surface area (Å²) in [6.07, 6.45) is 2.67. The van der Waals surface area contributed by atoms with E-state index in [0.29, 0.717) is 11.5 Å². The number of alkyl halides is 2. The minimum atomic E-state index is -2.89. The van der Waals surface area contributed by atoms with Crippen molar-refractivity contribution in [2.24, 2.45) is 0 Å². The van der Waals surface area contributed by atoms with Gasteiger partial charge in [0.2, 0.25) is 5.88 Å². The number of rotatable bonds is 3. The fourth-order valence-electron chi connectivity index (χ4n) is 1.05. The van der Waals surface area contributed by atoms with E-state index in [1.165, 1.54) is 18.7 Å². The lowest BCUT2D eigenvalue weighted by molar-refractivity contribution is -0.0527. The van der Waals surface area contributed by atoms with Crippen molar-refractivity contribution in [2.45, 2.75) is 6.61 Å². The number of oxazole rings is 1. The fraction of sp³-hybridized carbons (Fsp3) is 0.111. The number of hydrogen-bond acceptors (Lipinski definition) is 4. The minimum absolute atomic E-state index is 0.154. The van der Waals surface area contributed by atoms with Gasteiger partial charge in [0.15, 0.2) is 12.2 Å². The summed E-state index contributed by atoms with van der Waals surface area (Å²) in [4.78, 5) is 7.51. The molecular weight excluding hydrogens is 206 g/mol. The monoisotopic (exact) mass is 212 g/mol. The van der Waals surface area contributed by atoms with Crippen LogP contribution in [0.4, 0.5) is 8.78 Å². The molecule has 2 heterocycles. The van der Waals surface area contributed by atoms with Crippen molar-refractivity contribution in [2.75, 3.05) is 0 Å². The van der Waals surface area contributed by atoms with Crippen molar-refractivity contribution in [3.63, 3.8) is 0 Å². The van der Waals surface area contributed by atoms with E-state index in [1.54, 1.807) is 12.1 Å². The van der Waals surface area contributed by atoms with E-state index in [-0.39, 0.29) is 5.88 Å². The second kappa shape index (κ2) is 4.04. The Morgan fingerprint density at radius 3 is 2.87 bits per heavy atom. The summed E-state index contributed by atoms with van der Waals surface area (Å²) in [7, 11) is 0. The van der Waals surface area contributed by atoms with Crippen LogP contribution in [0.15, 0.2) is 35.2 Å². The van der Waals surface area contributed by atoms with Gasteiger partial charge in [0.1, 0.15) is 5.69 Å². The molecule has 0 saturated heterocycles. The van der Waals surface area contributed by atoms with E-state index in [9.17, 15) is 8.78 Å². The fourth-order valence-corrected chi connectivity index (χ4v) is 1.05. The van der Waals surface area contributed by atoms with Gasteiger partial charge in [-0.15, -0.1) is 0 Å². The Bertz CT molecular complexity index is 431. The molecule has 0 saturated carbocycles. The van der Waals surface area contributed by atoms with Gasteiger partial charge in [-0.1, -0.05) is 6.07 Å². The Kier molecular flexibility index (Phi) is 2.57. The largest absolute Gasteiger partial charge is 0.442 e. The molecule has 0 N–H and O–H groups in total. The van der Waals surface area contributed by atoms with E-state index in [0.717, 1.165) is 0 Å². The van der Waals surface area contributed by atoms with Crippen molar-refractivity contribution in [1.29, 1.82) is 0 Å². The van der Waals surface area contributed by atoms with Crippen LogP contribution in [0.3, 0.4) is 0 Å². The maximum Gasteiger partial charge on any atom is 0.388 e. The van der Waals surface area contributed by atoms with Crippen LogP contribution in [0.5, 0.6) is 5.88 Å². The zero-order valence-corrected chi connectivity index (χ0v) is 7.43. The summed E-state index contributed by atoms with van der Waals surface area (Å²) in [6.45, 7) is -2.89. The molecule has 0 aromatic carbocycles. The number of aromatic nitrogens is 2. The highest BCUT2D eigenvalue weighted by Gasteiger charge is 2.08. The lowest BCUT2D eigenvalue weighted by atomic mass is 10.3. The number of nitrogens with zero attached hydrogens (tertiary/aromatic N) is 2. The van der Waals surface area contributed by atoms with Gasteiger partial charge in [-0.2, -0.15) is 8.78 Å².